The highest BCUT2D eigenvalue weighted by molar-refractivity contribution is 5.01. The molecular weight excluding hydrogens is 188 g/mol. The molecule has 1 N–H and O–H groups in total. The number of nitrogens with zero attached hydrogens (tertiary/aromatic N) is 3. The fraction of sp³-hybridized carbons (Fsp3) is 0.818. The standard InChI is InChI=1S/C11H20N4/c1-9(2)4-11(6-12-7-11)5-10-13-8-14-15(10)3/h8-9,12H,4-7H2,1-3H3. The molecule has 15 heavy (non-hydrogen) atoms. The summed E-state index contributed by atoms with van der Waals surface area (Å²) in [5, 5.41) is 7.51. The maximum Gasteiger partial charge on any atom is 0.138 e. The predicted molar refractivity (Wildman–Crippen MR) is 59.5 cm³/mol. The average Bonchev–Trinajstić information content (AvgIpc) is 2.47. The Labute approximate surface area is 91.1 Å². The number of nitrogens with one attached hydrogen (secondary N) is 1. The Balaban J connectivity index is 2.05. The molecule has 2 rings (SSSR count). The van der Waals surface area contributed by atoms with Crippen molar-refractivity contribution in [3.8, 4) is 0 Å². The maximum absolute atomic E-state index is 4.31. The van der Waals surface area contributed by atoms with E-state index in [0.29, 0.717) is 5.41 Å². The summed E-state index contributed by atoms with van der Waals surface area (Å²) in [6, 6.07) is 0. The minimum absolute atomic E-state index is 0.426. The molecule has 0 saturated carbocycles. The molecule has 0 radical (unpaired) electrons. The van der Waals surface area contributed by atoms with Crippen molar-refractivity contribution in [3.63, 3.8) is 0 Å². The molecule has 0 unspecified atom stereocenters. The minimum Gasteiger partial charge on any atom is -0.316 e. The summed E-state index contributed by atoms with van der Waals surface area (Å²) in [7, 11) is 1.97. The van der Waals surface area contributed by atoms with Gasteiger partial charge in [-0.25, -0.2) is 4.98 Å². The third-order valence-corrected chi connectivity index (χ3v) is 3.18. The van der Waals surface area contributed by atoms with E-state index >= 15 is 0 Å². The van der Waals surface area contributed by atoms with Crippen molar-refractivity contribution in [2.24, 2.45) is 18.4 Å². The topological polar surface area (TPSA) is 42.7 Å². The summed E-state index contributed by atoms with van der Waals surface area (Å²) in [4.78, 5) is 4.31. The maximum atomic E-state index is 4.31. The summed E-state index contributed by atoms with van der Waals surface area (Å²) in [6.45, 7) is 6.82. The van der Waals surface area contributed by atoms with Crippen LogP contribution in [0.15, 0.2) is 6.33 Å². The zero-order valence-corrected chi connectivity index (χ0v) is 9.82. The molecule has 1 fully saturated rings. The van der Waals surface area contributed by atoms with Gasteiger partial charge in [0.1, 0.15) is 12.2 Å². The Kier molecular flexibility index (Phi) is 2.78. The number of hydrogen-bond donors (Lipinski definition) is 1. The lowest BCUT2D eigenvalue weighted by atomic mass is 9.72. The van der Waals surface area contributed by atoms with Gasteiger partial charge in [0.15, 0.2) is 0 Å². The van der Waals surface area contributed by atoms with Crippen LogP contribution in [0.3, 0.4) is 0 Å². The molecule has 1 saturated heterocycles. The first-order chi connectivity index (χ1) is 7.11. The lowest BCUT2D eigenvalue weighted by molar-refractivity contribution is 0.127. The van der Waals surface area contributed by atoms with Gasteiger partial charge in [0.2, 0.25) is 0 Å². The van der Waals surface area contributed by atoms with Crippen LogP contribution in [-0.4, -0.2) is 27.9 Å². The van der Waals surface area contributed by atoms with E-state index in [9.17, 15) is 0 Å². The molecule has 0 aromatic carbocycles. The second kappa shape index (κ2) is 3.93. The van der Waals surface area contributed by atoms with E-state index < -0.39 is 0 Å². The summed E-state index contributed by atoms with van der Waals surface area (Å²) < 4.78 is 1.89. The first-order valence-electron chi connectivity index (χ1n) is 5.65. The molecule has 0 bridgehead atoms. The van der Waals surface area contributed by atoms with Crippen molar-refractivity contribution >= 4 is 0 Å². The molecule has 1 aliphatic rings. The number of hydrogen-bond acceptors (Lipinski definition) is 3. The van der Waals surface area contributed by atoms with Gasteiger partial charge in [-0.1, -0.05) is 13.8 Å². The van der Waals surface area contributed by atoms with Crippen LogP contribution in [0.5, 0.6) is 0 Å². The van der Waals surface area contributed by atoms with Crippen LogP contribution in [0, 0.1) is 11.3 Å². The first kappa shape index (κ1) is 10.6. The predicted octanol–water partition coefficient (Wildman–Crippen LogP) is 0.993. The highest BCUT2D eigenvalue weighted by Crippen LogP contribution is 2.33. The van der Waals surface area contributed by atoms with Gasteiger partial charge in [-0.3, -0.25) is 4.68 Å². The van der Waals surface area contributed by atoms with Crippen LogP contribution in [0.25, 0.3) is 0 Å². The fourth-order valence-electron chi connectivity index (χ4n) is 2.50. The second-order valence-electron chi connectivity index (χ2n) is 5.18. The van der Waals surface area contributed by atoms with Crippen LogP contribution in [0.4, 0.5) is 0 Å². The van der Waals surface area contributed by atoms with E-state index in [4.69, 9.17) is 0 Å². The van der Waals surface area contributed by atoms with Gasteiger partial charge in [0.05, 0.1) is 0 Å². The summed E-state index contributed by atoms with van der Waals surface area (Å²) in [5.74, 6) is 1.86. The number of rotatable bonds is 4. The average molecular weight is 208 g/mol. The van der Waals surface area contributed by atoms with Crippen molar-refractivity contribution in [2.45, 2.75) is 26.7 Å². The van der Waals surface area contributed by atoms with E-state index in [2.05, 4.69) is 29.2 Å². The quantitative estimate of drug-likeness (QED) is 0.802. The van der Waals surface area contributed by atoms with Crippen LogP contribution < -0.4 is 5.32 Å². The molecule has 1 aromatic rings. The normalized spacial score (nSPS) is 19.2. The Morgan fingerprint density at radius 3 is 2.67 bits per heavy atom. The van der Waals surface area contributed by atoms with E-state index in [-0.39, 0.29) is 0 Å². The lowest BCUT2D eigenvalue weighted by Crippen LogP contribution is -2.55. The Morgan fingerprint density at radius 2 is 2.27 bits per heavy atom. The van der Waals surface area contributed by atoms with Crippen LogP contribution in [0.2, 0.25) is 0 Å². The highest BCUT2D eigenvalue weighted by atomic mass is 15.3. The van der Waals surface area contributed by atoms with Gasteiger partial charge in [0.25, 0.3) is 0 Å². The van der Waals surface area contributed by atoms with E-state index in [1.807, 2.05) is 11.7 Å². The largest absolute Gasteiger partial charge is 0.316 e. The van der Waals surface area contributed by atoms with E-state index in [1.54, 1.807) is 6.33 Å². The number of aromatic nitrogens is 3. The molecule has 1 aliphatic heterocycles. The molecule has 0 atom stereocenters. The molecule has 2 heterocycles. The molecule has 84 valence electrons. The SMILES string of the molecule is CC(C)CC1(Cc2ncnn2C)CNC1. The Hall–Kier alpha value is -0.900. The molecule has 0 aliphatic carbocycles. The summed E-state index contributed by atoms with van der Waals surface area (Å²) >= 11 is 0. The Morgan fingerprint density at radius 1 is 1.53 bits per heavy atom. The molecular formula is C11H20N4. The fourth-order valence-corrected chi connectivity index (χ4v) is 2.50. The van der Waals surface area contributed by atoms with Gasteiger partial charge in [-0.05, 0) is 12.3 Å². The summed E-state index contributed by atoms with van der Waals surface area (Å²) in [5.41, 5.74) is 0.426. The third kappa shape index (κ3) is 2.20. The number of aryl methyl sites for hydroxylation is 1. The van der Waals surface area contributed by atoms with Gasteiger partial charge < -0.3 is 5.32 Å². The zero-order valence-electron chi connectivity index (χ0n) is 9.82. The van der Waals surface area contributed by atoms with Crippen molar-refractivity contribution in [3.05, 3.63) is 12.2 Å². The molecule has 0 amide bonds. The second-order valence-corrected chi connectivity index (χ2v) is 5.18. The molecule has 1 aromatic heterocycles. The van der Waals surface area contributed by atoms with Gasteiger partial charge >= 0.3 is 0 Å². The Bertz CT molecular complexity index is 325. The van der Waals surface area contributed by atoms with Crippen molar-refractivity contribution in [1.29, 1.82) is 0 Å². The van der Waals surface area contributed by atoms with E-state index in [1.165, 1.54) is 6.42 Å². The lowest BCUT2D eigenvalue weighted by Gasteiger charge is -2.43. The van der Waals surface area contributed by atoms with Crippen molar-refractivity contribution in [2.75, 3.05) is 13.1 Å². The van der Waals surface area contributed by atoms with Gasteiger partial charge in [0, 0.05) is 32.0 Å². The molecule has 0 spiro atoms. The monoisotopic (exact) mass is 208 g/mol. The highest BCUT2D eigenvalue weighted by Gasteiger charge is 2.38. The van der Waals surface area contributed by atoms with Crippen LogP contribution in [0.1, 0.15) is 26.1 Å². The van der Waals surface area contributed by atoms with Crippen LogP contribution >= 0.6 is 0 Å². The molecule has 4 heteroatoms. The smallest absolute Gasteiger partial charge is 0.138 e. The molecule has 4 nitrogen and oxygen atoms in total. The van der Waals surface area contributed by atoms with Gasteiger partial charge in [-0.2, -0.15) is 5.10 Å². The summed E-state index contributed by atoms with van der Waals surface area (Å²) in [6.07, 6.45) is 3.96. The van der Waals surface area contributed by atoms with Crippen LogP contribution in [-0.2, 0) is 13.5 Å². The third-order valence-electron chi connectivity index (χ3n) is 3.18. The van der Waals surface area contributed by atoms with Gasteiger partial charge in [-0.15, -0.1) is 0 Å². The minimum atomic E-state index is 0.426. The first-order valence-corrected chi connectivity index (χ1v) is 5.65. The van der Waals surface area contributed by atoms with E-state index in [0.717, 1.165) is 31.3 Å². The van der Waals surface area contributed by atoms with Crippen molar-refractivity contribution in [1.82, 2.24) is 20.1 Å². The van der Waals surface area contributed by atoms with Crippen molar-refractivity contribution < 1.29 is 0 Å². The zero-order chi connectivity index (χ0) is 10.9.